The van der Waals surface area contributed by atoms with Crippen LogP contribution in [0.15, 0.2) is 18.3 Å². The standard InChI is InChI=1S/C12H15ClN2O3/c1-3-15(7-8(2)12(17)18)11(16)10-6-9(13)4-5-14-10/h4-6,8H,3,7H2,1-2H3,(H,17,18). The molecule has 1 rings (SSSR count). The molecule has 0 saturated carbocycles. The van der Waals surface area contributed by atoms with Crippen molar-refractivity contribution >= 4 is 23.5 Å². The van der Waals surface area contributed by atoms with E-state index >= 15 is 0 Å². The third kappa shape index (κ3) is 3.70. The van der Waals surface area contributed by atoms with E-state index in [9.17, 15) is 9.59 Å². The highest BCUT2D eigenvalue weighted by Crippen LogP contribution is 2.11. The van der Waals surface area contributed by atoms with Crippen LogP contribution in [0.25, 0.3) is 0 Å². The topological polar surface area (TPSA) is 70.5 Å². The number of nitrogens with zero attached hydrogens (tertiary/aromatic N) is 2. The molecular formula is C12H15ClN2O3. The first-order chi connectivity index (χ1) is 8.45. The molecule has 18 heavy (non-hydrogen) atoms. The maximum atomic E-state index is 12.1. The van der Waals surface area contributed by atoms with E-state index in [0.717, 1.165) is 0 Å². The van der Waals surface area contributed by atoms with Crippen LogP contribution in [0.5, 0.6) is 0 Å². The van der Waals surface area contributed by atoms with E-state index in [2.05, 4.69) is 4.98 Å². The van der Waals surface area contributed by atoms with Crippen molar-refractivity contribution < 1.29 is 14.7 Å². The van der Waals surface area contributed by atoms with Crippen LogP contribution in [0, 0.1) is 5.92 Å². The van der Waals surface area contributed by atoms with Crippen LogP contribution >= 0.6 is 11.6 Å². The zero-order valence-corrected chi connectivity index (χ0v) is 11.0. The van der Waals surface area contributed by atoms with Crippen molar-refractivity contribution in [3.63, 3.8) is 0 Å². The lowest BCUT2D eigenvalue weighted by atomic mass is 10.1. The second-order valence-electron chi connectivity index (χ2n) is 3.94. The summed E-state index contributed by atoms with van der Waals surface area (Å²) in [6.07, 6.45) is 1.45. The summed E-state index contributed by atoms with van der Waals surface area (Å²) in [5.74, 6) is -1.86. The molecule has 0 radical (unpaired) electrons. The van der Waals surface area contributed by atoms with Crippen molar-refractivity contribution in [2.75, 3.05) is 13.1 Å². The van der Waals surface area contributed by atoms with Gasteiger partial charge in [0.2, 0.25) is 0 Å². The Balaban J connectivity index is 2.82. The number of aromatic nitrogens is 1. The lowest BCUT2D eigenvalue weighted by Gasteiger charge is -2.22. The van der Waals surface area contributed by atoms with Crippen LogP contribution < -0.4 is 0 Å². The first-order valence-electron chi connectivity index (χ1n) is 5.59. The molecule has 0 fully saturated rings. The Hall–Kier alpha value is -1.62. The monoisotopic (exact) mass is 270 g/mol. The Morgan fingerprint density at radius 3 is 2.72 bits per heavy atom. The van der Waals surface area contributed by atoms with Gasteiger partial charge >= 0.3 is 5.97 Å². The molecule has 0 aliphatic carbocycles. The molecule has 0 aliphatic heterocycles. The number of carbonyl (C=O) groups is 2. The smallest absolute Gasteiger partial charge is 0.308 e. The summed E-state index contributed by atoms with van der Waals surface area (Å²) in [4.78, 5) is 28.3. The van der Waals surface area contributed by atoms with Crippen molar-refractivity contribution in [3.05, 3.63) is 29.0 Å². The highest BCUT2D eigenvalue weighted by atomic mass is 35.5. The Labute approximate surface area is 110 Å². The Bertz CT molecular complexity index is 451. The fraction of sp³-hybridized carbons (Fsp3) is 0.417. The summed E-state index contributed by atoms with van der Waals surface area (Å²) in [5.41, 5.74) is 0.224. The van der Waals surface area contributed by atoms with E-state index in [0.29, 0.717) is 11.6 Å². The van der Waals surface area contributed by atoms with Crippen molar-refractivity contribution in [1.82, 2.24) is 9.88 Å². The molecule has 1 heterocycles. The van der Waals surface area contributed by atoms with Crippen LogP contribution in [0.3, 0.4) is 0 Å². The SMILES string of the molecule is CCN(CC(C)C(=O)O)C(=O)c1cc(Cl)ccn1. The number of carboxylic acid groups (broad SMARTS) is 1. The summed E-state index contributed by atoms with van der Waals surface area (Å²) >= 11 is 5.79. The highest BCUT2D eigenvalue weighted by molar-refractivity contribution is 6.30. The highest BCUT2D eigenvalue weighted by Gasteiger charge is 2.21. The number of rotatable bonds is 5. The van der Waals surface area contributed by atoms with Crippen LogP contribution in [0.4, 0.5) is 0 Å². The van der Waals surface area contributed by atoms with Gasteiger partial charge in [-0.05, 0) is 19.1 Å². The van der Waals surface area contributed by atoms with Gasteiger partial charge in [0.05, 0.1) is 5.92 Å². The Morgan fingerprint density at radius 2 is 2.22 bits per heavy atom. The van der Waals surface area contributed by atoms with Gasteiger partial charge in [-0.25, -0.2) is 0 Å². The zero-order chi connectivity index (χ0) is 13.7. The van der Waals surface area contributed by atoms with Gasteiger partial charge in [0, 0.05) is 24.3 Å². The maximum Gasteiger partial charge on any atom is 0.308 e. The molecule has 0 bridgehead atoms. The summed E-state index contributed by atoms with van der Waals surface area (Å²) in [7, 11) is 0. The number of carboxylic acids is 1. The number of pyridine rings is 1. The average molecular weight is 271 g/mol. The largest absolute Gasteiger partial charge is 0.481 e. The van der Waals surface area contributed by atoms with Gasteiger partial charge in [0.25, 0.3) is 5.91 Å². The second kappa shape index (κ2) is 6.35. The molecule has 5 nitrogen and oxygen atoms in total. The van der Waals surface area contributed by atoms with Gasteiger partial charge in [-0.15, -0.1) is 0 Å². The van der Waals surface area contributed by atoms with E-state index in [1.165, 1.54) is 17.2 Å². The second-order valence-corrected chi connectivity index (χ2v) is 4.38. The minimum absolute atomic E-state index is 0.152. The predicted molar refractivity (Wildman–Crippen MR) is 67.6 cm³/mol. The number of carbonyl (C=O) groups excluding carboxylic acids is 1. The van der Waals surface area contributed by atoms with Crippen LogP contribution in [-0.4, -0.2) is 40.0 Å². The molecule has 1 N–H and O–H groups in total. The lowest BCUT2D eigenvalue weighted by Crippen LogP contribution is -2.37. The van der Waals surface area contributed by atoms with Crippen LogP contribution in [0.1, 0.15) is 24.3 Å². The first-order valence-corrected chi connectivity index (χ1v) is 5.97. The third-order valence-corrected chi connectivity index (χ3v) is 2.76. The number of amides is 1. The average Bonchev–Trinajstić information content (AvgIpc) is 2.34. The maximum absolute atomic E-state index is 12.1. The van der Waals surface area contributed by atoms with Crippen molar-refractivity contribution in [2.45, 2.75) is 13.8 Å². The summed E-state index contributed by atoms with van der Waals surface area (Å²) < 4.78 is 0. The number of hydrogen-bond donors (Lipinski definition) is 1. The molecule has 1 aromatic rings. The van der Waals surface area contributed by atoms with E-state index in [-0.39, 0.29) is 18.1 Å². The van der Waals surface area contributed by atoms with Crippen molar-refractivity contribution in [3.8, 4) is 0 Å². The van der Waals surface area contributed by atoms with Gasteiger partial charge in [0.1, 0.15) is 5.69 Å². The molecular weight excluding hydrogens is 256 g/mol. The number of hydrogen-bond acceptors (Lipinski definition) is 3. The van der Waals surface area contributed by atoms with Gasteiger partial charge in [-0.2, -0.15) is 0 Å². The van der Waals surface area contributed by atoms with E-state index in [1.54, 1.807) is 19.9 Å². The molecule has 6 heteroatoms. The number of halogens is 1. The summed E-state index contributed by atoms with van der Waals surface area (Å²) in [6, 6.07) is 3.05. The normalized spacial score (nSPS) is 11.9. The van der Waals surface area contributed by atoms with Gasteiger partial charge < -0.3 is 10.0 Å². The van der Waals surface area contributed by atoms with Gasteiger partial charge in [-0.1, -0.05) is 18.5 Å². The fourth-order valence-corrected chi connectivity index (χ4v) is 1.61. The van der Waals surface area contributed by atoms with E-state index in [1.807, 2.05) is 0 Å². The minimum atomic E-state index is -0.930. The number of aliphatic carboxylic acids is 1. The zero-order valence-electron chi connectivity index (χ0n) is 10.3. The van der Waals surface area contributed by atoms with Crippen molar-refractivity contribution in [1.29, 1.82) is 0 Å². The molecule has 1 unspecified atom stereocenters. The molecule has 1 aromatic heterocycles. The summed E-state index contributed by atoms with van der Waals surface area (Å²) in [5, 5.41) is 9.27. The van der Waals surface area contributed by atoms with E-state index in [4.69, 9.17) is 16.7 Å². The van der Waals surface area contributed by atoms with Gasteiger partial charge in [-0.3, -0.25) is 14.6 Å². The lowest BCUT2D eigenvalue weighted by molar-refractivity contribution is -0.141. The van der Waals surface area contributed by atoms with Crippen LogP contribution in [0.2, 0.25) is 5.02 Å². The first kappa shape index (κ1) is 14.4. The molecule has 0 saturated heterocycles. The summed E-state index contributed by atoms with van der Waals surface area (Å²) in [6.45, 7) is 3.92. The molecule has 0 aliphatic rings. The predicted octanol–water partition coefficient (Wildman–Crippen LogP) is 1.92. The van der Waals surface area contributed by atoms with E-state index < -0.39 is 11.9 Å². The Morgan fingerprint density at radius 1 is 1.56 bits per heavy atom. The minimum Gasteiger partial charge on any atom is -0.481 e. The molecule has 1 atom stereocenters. The molecule has 0 spiro atoms. The quantitative estimate of drug-likeness (QED) is 0.887. The third-order valence-electron chi connectivity index (χ3n) is 2.53. The fourth-order valence-electron chi connectivity index (χ4n) is 1.45. The van der Waals surface area contributed by atoms with Gasteiger partial charge in [0.15, 0.2) is 0 Å². The molecule has 1 amide bonds. The molecule has 0 aromatic carbocycles. The Kier molecular flexibility index (Phi) is 5.09. The molecule has 98 valence electrons. The van der Waals surface area contributed by atoms with Crippen LogP contribution in [-0.2, 0) is 4.79 Å². The van der Waals surface area contributed by atoms with Crippen molar-refractivity contribution in [2.24, 2.45) is 5.92 Å².